The minimum atomic E-state index is -0.0561. The zero-order chi connectivity index (χ0) is 10.2. The van der Waals surface area contributed by atoms with Crippen molar-refractivity contribution < 1.29 is 9.47 Å². The molecule has 0 aromatic rings. The lowest BCUT2D eigenvalue weighted by atomic mass is 10.2. The van der Waals surface area contributed by atoms with Gasteiger partial charge in [-0.05, 0) is 33.6 Å². The average molecular weight is 209 g/mol. The van der Waals surface area contributed by atoms with Gasteiger partial charge in [-0.25, -0.2) is 0 Å². The first-order valence-corrected chi connectivity index (χ1v) is 5.37. The minimum Gasteiger partial charge on any atom is -0.379 e. The average Bonchev–Trinajstić information content (AvgIpc) is 2.01. The van der Waals surface area contributed by atoms with Gasteiger partial charge in [0.05, 0.1) is 18.8 Å². The fraction of sp³-hybridized carbons (Fsp3) is 1.00. The quantitative estimate of drug-likeness (QED) is 0.473. The Kier molecular flexibility index (Phi) is 7.72. The van der Waals surface area contributed by atoms with Gasteiger partial charge >= 0.3 is 0 Å². The van der Waals surface area contributed by atoms with Crippen molar-refractivity contribution in [3.63, 3.8) is 0 Å². The van der Waals surface area contributed by atoms with E-state index in [0.717, 1.165) is 25.3 Å². The zero-order valence-corrected chi connectivity index (χ0v) is 9.69. The van der Waals surface area contributed by atoms with Crippen molar-refractivity contribution in [2.75, 3.05) is 25.7 Å². The Morgan fingerprint density at radius 2 is 1.69 bits per heavy atom. The van der Waals surface area contributed by atoms with Crippen LogP contribution in [0, 0.1) is 0 Å². The molecule has 0 spiro atoms. The smallest absolute Gasteiger partial charge is 0.0707 e. The van der Waals surface area contributed by atoms with Crippen LogP contribution >= 0.6 is 11.6 Å². The van der Waals surface area contributed by atoms with Crippen molar-refractivity contribution >= 4 is 11.6 Å². The third kappa shape index (κ3) is 12.2. The summed E-state index contributed by atoms with van der Waals surface area (Å²) in [6.45, 7) is 8.27. The molecule has 0 fully saturated rings. The molecule has 0 saturated carbocycles. The molecule has 13 heavy (non-hydrogen) atoms. The molecule has 0 atom stereocenters. The molecule has 0 amide bonds. The summed E-state index contributed by atoms with van der Waals surface area (Å²) in [6, 6.07) is 0. The van der Waals surface area contributed by atoms with Gasteiger partial charge in [-0.1, -0.05) is 0 Å². The van der Waals surface area contributed by atoms with Crippen molar-refractivity contribution in [2.24, 2.45) is 0 Å². The van der Waals surface area contributed by atoms with E-state index in [9.17, 15) is 0 Å². The van der Waals surface area contributed by atoms with E-state index in [4.69, 9.17) is 21.1 Å². The lowest BCUT2D eigenvalue weighted by molar-refractivity contribution is -0.0350. The molecule has 0 aliphatic rings. The molecule has 0 aliphatic carbocycles. The highest BCUT2D eigenvalue weighted by molar-refractivity contribution is 6.17. The molecule has 0 N–H and O–H groups in total. The predicted octanol–water partition coefficient (Wildman–Crippen LogP) is 2.84. The second-order valence-electron chi connectivity index (χ2n) is 3.97. The van der Waals surface area contributed by atoms with E-state index in [1.54, 1.807) is 0 Å². The summed E-state index contributed by atoms with van der Waals surface area (Å²) < 4.78 is 10.8. The van der Waals surface area contributed by atoms with Crippen LogP contribution in [0.1, 0.15) is 33.6 Å². The summed E-state index contributed by atoms with van der Waals surface area (Å²) >= 11 is 5.52. The van der Waals surface area contributed by atoms with Crippen LogP contribution < -0.4 is 0 Å². The maximum absolute atomic E-state index is 5.52. The van der Waals surface area contributed by atoms with Crippen LogP contribution in [0.2, 0.25) is 0 Å². The number of rotatable bonds is 7. The molecule has 0 aromatic heterocycles. The Balaban J connectivity index is 3.00. The third-order valence-corrected chi connectivity index (χ3v) is 1.70. The topological polar surface area (TPSA) is 18.5 Å². The fourth-order valence-electron chi connectivity index (χ4n) is 0.807. The summed E-state index contributed by atoms with van der Waals surface area (Å²) in [6.07, 6.45) is 2.07. The van der Waals surface area contributed by atoms with Crippen LogP contribution in [0.25, 0.3) is 0 Å². The van der Waals surface area contributed by atoms with E-state index in [1.165, 1.54) is 0 Å². The summed E-state index contributed by atoms with van der Waals surface area (Å²) in [5.74, 6) is 0.724. The van der Waals surface area contributed by atoms with E-state index in [2.05, 4.69) is 0 Å². The summed E-state index contributed by atoms with van der Waals surface area (Å²) in [5.41, 5.74) is -0.0561. The van der Waals surface area contributed by atoms with Gasteiger partial charge in [0.1, 0.15) is 0 Å². The van der Waals surface area contributed by atoms with Crippen molar-refractivity contribution in [3.8, 4) is 0 Å². The van der Waals surface area contributed by atoms with Crippen molar-refractivity contribution in [2.45, 2.75) is 39.2 Å². The van der Waals surface area contributed by atoms with E-state index < -0.39 is 0 Å². The van der Waals surface area contributed by atoms with E-state index >= 15 is 0 Å². The van der Waals surface area contributed by atoms with Crippen LogP contribution in [-0.2, 0) is 9.47 Å². The molecule has 0 saturated heterocycles. The number of halogens is 1. The zero-order valence-electron chi connectivity index (χ0n) is 8.94. The molecule has 2 nitrogen and oxygen atoms in total. The molecular formula is C10H21ClO2. The first-order valence-electron chi connectivity index (χ1n) is 4.84. The number of unbranched alkanes of at least 4 members (excludes halogenated alkanes) is 1. The highest BCUT2D eigenvalue weighted by atomic mass is 35.5. The van der Waals surface area contributed by atoms with Crippen LogP contribution in [0.15, 0.2) is 0 Å². The second kappa shape index (κ2) is 7.60. The van der Waals surface area contributed by atoms with E-state index in [1.807, 2.05) is 20.8 Å². The Bertz CT molecular complexity index is 110. The molecule has 0 radical (unpaired) electrons. The summed E-state index contributed by atoms with van der Waals surface area (Å²) in [5, 5.41) is 0. The van der Waals surface area contributed by atoms with Crippen LogP contribution in [0.4, 0.5) is 0 Å². The highest BCUT2D eigenvalue weighted by Gasteiger charge is 2.08. The van der Waals surface area contributed by atoms with Gasteiger partial charge in [-0.2, -0.15) is 0 Å². The molecule has 3 heteroatoms. The lowest BCUT2D eigenvalue weighted by Crippen LogP contribution is -2.21. The lowest BCUT2D eigenvalue weighted by Gasteiger charge is -2.19. The largest absolute Gasteiger partial charge is 0.379 e. The molecular weight excluding hydrogens is 188 g/mol. The van der Waals surface area contributed by atoms with Gasteiger partial charge in [0.15, 0.2) is 0 Å². The van der Waals surface area contributed by atoms with Gasteiger partial charge < -0.3 is 9.47 Å². The van der Waals surface area contributed by atoms with Gasteiger partial charge in [-0.15, -0.1) is 11.6 Å². The van der Waals surface area contributed by atoms with Crippen molar-refractivity contribution in [1.29, 1.82) is 0 Å². The maximum Gasteiger partial charge on any atom is 0.0707 e. The standard InChI is InChI=1S/C10H21ClO2/c1-10(2,3)13-9-8-12-7-5-4-6-11/h4-9H2,1-3H3. The monoisotopic (exact) mass is 208 g/mol. The minimum absolute atomic E-state index is 0.0561. The molecule has 0 aliphatic heterocycles. The Morgan fingerprint density at radius 1 is 1.00 bits per heavy atom. The van der Waals surface area contributed by atoms with E-state index in [0.29, 0.717) is 13.2 Å². The number of hydrogen-bond acceptors (Lipinski definition) is 2. The number of ether oxygens (including phenoxy) is 2. The summed E-state index contributed by atoms with van der Waals surface area (Å²) in [4.78, 5) is 0. The fourth-order valence-corrected chi connectivity index (χ4v) is 0.996. The molecule has 0 aromatic carbocycles. The Hall–Kier alpha value is 0.210. The second-order valence-corrected chi connectivity index (χ2v) is 4.35. The summed E-state index contributed by atoms with van der Waals surface area (Å²) in [7, 11) is 0. The van der Waals surface area contributed by atoms with Crippen LogP contribution in [0.5, 0.6) is 0 Å². The molecule has 0 heterocycles. The SMILES string of the molecule is CC(C)(C)OCCOCCCCCl. The predicted molar refractivity (Wildman–Crippen MR) is 56.5 cm³/mol. The molecule has 0 unspecified atom stereocenters. The molecule has 0 rings (SSSR count). The first-order chi connectivity index (χ1) is 6.06. The van der Waals surface area contributed by atoms with Gasteiger partial charge in [0, 0.05) is 12.5 Å². The van der Waals surface area contributed by atoms with Crippen molar-refractivity contribution in [1.82, 2.24) is 0 Å². The Morgan fingerprint density at radius 3 is 2.23 bits per heavy atom. The number of hydrogen-bond donors (Lipinski definition) is 0. The van der Waals surface area contributed by atoms with E-state index in [-0.39, 0.29) is 5.60 Å². The number of alkyl halides is 1. The highest BCUT2D eigenvalue weighted by Crippen LogP contribution is 2.05. The normalized spacial score (nSPS) is 12.0. The van der Waals surface area contributed by atoms with Crippen molar-refractivity contribution in [3.05, 3.63) is 0 Å². The van der Waals surface area contributed by atoms with Gasteiger partial charge in [0.2, 0.25) is 0 Å². The Labute approximate surface area is 86.6 Å². The third-order valence-electron chi connectivity index (χ3n) is 1.44. The van der Waals surface area contributed by atoms with Gasteiger partial charge in [0.25, 0.3) is 0 Å². The van der Waals surface area contributed by atoms with Crippen LogP contribution in [0.3, 0.4) is 0 Å². The van der Waals surface area contributed by atoms with Gasteiger partial charge in [-0.3, -0.25) is 0 Å². The van der Waals surface area contributed by atoms with Crippen LogP contribution in [-0.4, -0.2) is 31.3 Å². The molecule has 80 valence electrons. The first kappa shape index (κ1) is 13.2. The maximum atomic E-state index is 5.52. The molecule has 0 bridgehead atoms.